The first-order chi connectivity index (χ1) is 14.2. The molecule has 1 aliphatic rings. The van der Waals surface area contributed by atoms with E-state index in [1.807, 2.05) is 0 Å². The van der Waals surface area contributed by atoms with Crippen molar-refractivity contribution in [3.05, 3.63) is 65.4 Å². The van der Waals surface area contributed by atoms with E-state index in [1.165, 1.54) is 18.2 Å². The Labute approximate surface area is 173 Å². The lowest BCUT2D eigenvalue weighted by molar-refractivity contribution is -0.137. The number of amidine groups is 1. The van der Waals surface area contributed by atoms with Gasteiger partial charge in [-0.2, -0.15) is 8.42 Å². The Balaban J connectivity index is 2.16. The zero-order valence-corrected chi connectivity index (χ0v) is 17.0. The van der Waals surface area contributed by atoms with Crippen molar-refractivity contribution < 1.29 is 27.9 Å². The predicted octanol–water partition coefficient (Wildman–Crippen LogP) is 2.85. The number of rotatable bonds is 5. The highest BCUT2D eigenvalue weighted by Crippen LogP contribution is 2.29. The number of nitrogens with one attached hydrogen (secondary N) is 2. The monoisotopic (exact) mass is 429 g/mol. The molecule has 30 heavy (non-hydrogen) atoms. The zero-order chi connectivity index (χ0) is 21.9. The third-order valence-corrected chi connectivity index (χ3v) is 5.46. The number of anilines is 2. The molecule has 0 fully saturated rings. The van der Waals surface area contributed by atoms with E-state index in [0.717, 1.165) is 6.07 Å². The van der Waals surface area contributed by atoms with Crippen LogP contribution in [0.1, 0.15) is 24.2 Å². The number of fused-ring (bicyclic) bond motifs is 1. The first kappa shape index (κ1) is 21.1. The minimum absolute atomic E-state index is 0.0778. The van der Waals surface area contributed by atoms with E-state index in [1.54, 1.807) is 38.1 Å². The van der Waals surface area contributed by atoms with Gasteiger partial charge in [0.2, 0.25) is 0 Å². The van der Waals surface area contributed by atoms with E-state index in [9.17, 15) is 18.0 Å². The summed E-state index contributed by atoms with van der Waals surface area (Å²) < 4.78 is 34.7. The molecular weight excluding hydrogens is 410 g/mol. The molecule has 0 saturated heterocycles. The first-order valence-electron chi connectivity index (χ1n) is 8.92. The van der Waals surface area contributed by atoms with Gasteiger partial charge < -0.3 is 20.5 Å². The molecule has 0 spiro atoms. The molecule has 0 saturated carbocycles. The molecule has 0 radical (unpaired) electrons. The molecule has 0 aliphatic carbocycles. The van der Waals surface area contributed by atoms with Crippen molar-refractivity contribution >= 4 is 39.2 Å². The Morgan fingerprint density at radius 1 is 1.07 bits per heavy atom. The summed E-state index contributed by atoms with van der Waals surface area (Å²) in [6.45, 7) is 3.32. The van der Waals surface area contributed by atoms with Crippen molar-refractivity contribution in [3.8, 4) is 0 Å². The minimum Gasteiger partial charge on any atom is -0.478 e. The molecule has 3 N–H and O–H groups in total. The van der Waals surface area contributed by atoms with Crippen molar-refractivity contribution in [2.24, 2.45) is 4.40 Å². The first-order valence-corrected chi connectivity index (χ1v) is 10.4. The van der Waals surface area contributed by atoms with Crippen LogP contribution in [0, 0.1) is 0 Å². The van der Waals surface area contributed by atoms with Gasteiger partial charge in [0.15, 0.2) is 5.84 Å². The average Bonchev–Trinajstić information content (AvgIpc) is 2.83. The van der Waals surface area contributed by atoms with Crippen molar-refractivity contribution in [3.63, 3.8) is 0 Å². The Hall–Kier alpha value is -3.66. The van der Waals surface area contributed by atoms with E-state index in [0.29, 0.717) is 17.1 Å². The lowest BCUT2D eigenvalue weighted by Gasteiger charge is -2.12. The number of aromatic carboxylic acids is 1. The summed E-state index contributed by atoms with van der Waals surface area (Å²) in [4.78, 5) is 23.4. The number of sulfonamides is 1. The van der Waals surface area contributed by atoms with E-state index < -0.39 is 22.0 Å². The summed E-state index contributed by atoms with van der Waals surface area (Å²) in [7, 11) is -4.35. The van der Waals surface area contributed by atoms with Crippen LogP contribution < -0.4 is 10.6 Å². The van der Waals surface area contributed by atoms with E-state index in [4.69, 9.17) is 9.84 Å². The Morgan fingerprint density at radius 3 is 2.37 bits per heavy atom. The summed E-state index contributed by atoms with van der Waals surface area (Å²) in [6, 6.07) is 11.8. The second-order valence-electron chi connectivity index (χ2n) is 6.26. The largest absolute Gasteiger partial charge is 0.478 e. The topological polar surface area (TPSA) is 134 Å². The number of allylic oxidation sites excluding steroid dienone is 1. The van der Waals surface area contributed by atoms with Gasteiger partial charge in [0, 0.05) is 5.70 Å². The molecular formula is C20H19N3O6S. The highest BCUT2D eigenvalue weighted by Gasteiger charge is 2.28. The number of para-hydroxylation sites is 2. The number of carbonyl (C=O) groups excluding carboxylic acids is 1. The predicted molar refractivity (Wildman–Crippen MR) is 111 cm³/mol. The lowest BCUT2D eigenvalue weighted by Crippen LogP contribution is -2.25. The van der Waals surface area contributed by atoms with Crippen LogP contribution in [0.3, 0.4) is 0 Å². The van der Waals surface area contributed by atoms with E-state index in [-0.39, 0.29) is 28.5 Å². The maximum Gasteiger partial charge on any atom is 0.343 e. The van der Waals surface area contributed by atoms with Crippen LogP contribution >= 0.6 is 0 Å². The fourth-order valence-corrected chi connectivity index (χ4v) is 3.83. The normalized spacial score (nSPS) is 14.9. The second-order valence-corrected chi connectivity index (χ2v) is 7.87. The molecule has 2 aromatic rings. The lowest BCUT2D eigenvalue weighted by atomic mass is 10.2. The second kappa shape index (κ2) is 8.37. The van der Waals surface area contributed by atoms with Gasteiger partial charge in [-0.25, -0.2) is 9.59 Å². The van der Waals surface area contributed by atoms with Crippen LogP contribution in [0.5, 0.6) is 0 Å². The Morgan fingerprint density at radius 2 is 1.73 bits per heavy atom. The van der Waals surface area contributed by atoms with Crippen LogP contribution in [0.2, 0.25) is 0 Å². The van der Waals surface area contributed by atoms with E-state index in [2.05, 4.69) is 15.0 Å². The van der Waals surface area contributed by atoms with E-state index >= 15 is 0 Å². The van der Waals surface area contributed by atoms with Gasteiger partial charge in [0.1, 0.15) is 5.57 Å². The molecule has 0 atom stereocenters. The van der Waals surface area contributed by atoms with Crippen molar-refractivity contribution in [2.45, 2.75) is 18.7 Å². The van der Waals surface area contributed by atoms with Crippen LogP contribution in [-0.2, 0) is 19.6 Å². The number of nitrogens with zero attached hydrogens (tertiary/aromatic N) is 1. The molecule has 2 aromatic carbocycles. The smallest absolute Gasteiger partial charge is 0.343 e. The zero-order valence-electron chi connectivity index (χ0n) is 16.2. The van der Waals surface area contributed by atoms with Gasteiger partial charge in [0.25, 0.3) is 10.0 Å². The summed E-state index contributed by atoms with van der Waals surface area (Å²) in [5, 5.41) is 15.1. The number of carboxylic acids is 1. The SMILES string of the molecule is CCOC(=O)C1=C(C)Nc2ccccc2NC1=NS(=O)(=O)c1cccc(C(=O)O)c1. The third-order valence-electron chi connectivity index (χ3n) is 4.18. The van der Waals surface area contributed by atoms with Crippen molar-refractivity contribution in [1.82, 2.24) is 0 Å². The quantitative estimate of drug-likeness (QED) is 0.618. The van der Waals surface area contributed by atoms with Crippen molar-refractivity contribution in [1.29, 1.82) is 0 Å². The van der Waals surface area contributed by atoms with Crippen LogP contribution in [0.25, 0.3) is 0 Å². The molecule has 0 bridgehead atoms. The Kier molecular flexibility index (Phi) is 5.88. The van der Waals surface area contributed by atoms with Gasteiger partial charge >= 0.3 is 11.9 Å². The summed E-state index contributed by atoms with van der Waals surface area (Å²) >= 11 is 0. The number of esters is 1. The molecule has 0 unspecified atom stereocenters. The molecule has 3 rings (SSSR count). The number of ether oxygens (including phenoxy) is 1. The van der Waals surface area contributed by atoms with Gasteiger partial charge in [-0.3, -0.25) is 0 Å². The van der Waals surface area contributed by atoms with Crippen LogP contribution in [-0.4, -0.2) is 37.9 Å². The maximum absolute atomic E-state index is 12.9. The molecule has 1 aliphatic heterocycles. The molecule has 0 amide bonds. The standard InChI is InChI=1S/C20H19N3O6S/c1-3-29-20(26)17-12(2)21-15-9-4-5-10-16(15)22-18(17)23-30(27,28)14-8-6-7-13(11-14)19(24)25/h4-11,21H,3H2,1-2H3,(H,22,23)(H,24,25). The van der Waals surface area contributed by atoms with Crippen LogP contribution in [0.15, 0.2) is 69.1 Å². The van der Waals surface area contributed by atoms with Gasteiger partial charge in [0.05, 0.1) is 28.4 Å². The molecule has 10 heteroatoms. The highest BCUT2D eigenvalue weighted by molar-refractivity contribution is 7.90. The molecule has 9 nitrogen and oxygen atoms in total. The summed E-state index contributed by atoms with van der Waals surface area (Å²) in [5.41, 5.74) is 1.19. The molecule has 1 heterocycles. The highest BCUT2D eigenvalue weighted by atomic mass is 32.2. The van der Waals surface area contributed by atoms with Gasteiger partial charge in [-0.05, 0) is 44.2 Å². The molecule has 0 aromatic heterocycles. The van der Waals surface area contributed by atoms with Crippen molar-refractivity contribution in [2.75, 3.05) is 17.2 Å². The Bertz CT molecular complexity index is 1180. The minimum atomic E-state index is -4.35. The third kappa shape index (κ3) is 4.33. The number of carboxylic acid groups (broad SMARTS) is 1. The fraction of sp³-hybridized carbons (Fsp3) is 0.150. The summed E-state index contributed by atoms with van der Waals surface area (Å²) in [5.74, 6) is -2.26. The maximum atomic E-state index is 12.9. The van der Waals surface area contributed by atoms with Gasteiger partial charge in [-0.15, -0.1) is 4.40 Å². The fourth-order valence-electron chi connectivity index (χ4n) is 2.82. The molecule has 156 valence electrons. The number of carbonyl (C=O) groups is 2. The van der Waals surface area contributed by atoms with Gasteiger partial charge in [-0.1, -0.05) is 18.2 Å². The number of hydrogen-bond acceptors (Lipinski definition) is 6. The number of hydrogen-bond donors (Lipinski definition) is 3. The number of benzene rings is 2. The summed E-state index contributed by atoms with van der Waals surface area (Å²) in [6.07, 6.45) is 0. The van der Waals surface area contributed by atoms with Crippen LogP contribution in [0.4, 0.5) is 11.4 Å². The average molecular weight is 429 g/mol.